The first kappa shape index (κ1) is 20.1. The van der Waals surface area contributed by atoms with Crippen molar-refractivity contribution >= 4 is 11.6 Å². The fourth-order valence-electron chi connectivity index (χ4n) is 3.03. The molecule has 31 heavy (non-hydrogen) atoms. The molecule has 156 valence electrons. The molecule has 0 unspecified atom stereocenters. The lowest BCUT2D eigenvalue weighted by Crippen LogP contribution is -2.28. The summed E-state index contributed by atoms with van der Waals surface area (Å²) in [5, 5.41) is 7.02. The molecule has 0 saturated carbocycles. The summed E-state index contributed by atoms with van der Waals surface area (Å²) >= 11 is 0. The van der Waals surface area contributed by atoms with Gasteiger partial charge in [-0.25, -0.2) is 9.67 Å². The maximum atomic E-state index is 12.7. The Bertz CT molecular complexity index is 1200. The van der Waals surface area contributed by atoms with Crippen LogP contribution in [0.3, 0.4) is 0 Å². The largest absolute Gasteiger partial charge is 0.492 e. The third kappa shape index (κ3) is 5.45. The van der Waals surface area contributed by atoms with Gasteiger partial charge in [-0.1, -0.05) is 30.3 Å². The Morgan fingerprint density at radius 1 is 1.03 bits per heavy atom. The van der Waals surface area contributed by atoms with Crippen LogP contribution in [0.2, 0.25) is 0 Å². The van der Waals surface area contributed by atoms with Crippen molar-refractivity contribution in [2.75, 3.05) is 11.9 Å². The lowest BCUT2D eigenvalue weighted by Gasteiger charge is -2.10. The first-order chi connectivity index (χ1) is 15.2. The molecule has 0 radical (unpaired) electrons. The van der Waals surface area contributed by atoms with Crippen molar-refractivity contribution < 1.29 is 9.53 Å². The van der Waals surface area contributed by atoms with Crippen LogP contribution in [0.5, 0.6) is 5.75 Å². The van der Waals surface area contributed by atoms with E-state index in [4.69, 9.17) is 4.74 Å². The summed E-state index contributed by atoms with van der Waals surface area (Å²) in [6, 6.07) is 19.6. The topological polar surface area (TPSA) is 91.0 Å². The summed E-state index contributed by atoms with van der Waals surface area (Å²) in [4.78, 5) is 28.8. The van der Waals surface area contributed by atoms with E-state index >= 15 is 0 Å². The van der Waals surface area contributed by atoms with Gasteiger partial charge >= 0.3 is 0 Å². The zero-order valence-electron chi connectivity index (χ0n) is 16.7. The SMILES string of the molecule is O=C(Nc1cccc(Cn2ccnc2)c1)c1ccc(=O)n(CCOc2ccccc2)n1. The number of hydrogen-bond acceptors (Lipinski definition) is 5. The van der Waals surface area contributed by atoms with Crippen LogP contribution in [0.15, 0.2) is 90.2 Å². The van der Waals surface area contributed by atoms with Gasteiger partial charge in [0, 0.05) is 30.7 Å². The van der Waals surface area contributed by atoms with Crippen LogP contribution in [0, 0.1) is 0 Å². The second kappa shape index (κ2) is 9.53. The number of carbonyl (C=O) groups is 1. The number of carbonyl (C=O) groups excluding carboxylic acids is 1. The predicted octanol–water partition coefficient (Wildman–Crippen LogP) is 2.82. The minimum absolute atomic E-state index is 0.152. The van der Waals surface area contributed by atoms with Crippen LogP contribution in [0.25, 0.3) is 0 Å². The minimum Gasteiger partial charge on any atom is -0.492 e. The molecule has 4 aromatic rings. The quantitative estimate of drug-likeness (QED) is 0.478. The molecule has 2 heterocycles. The minimum atomic E-state index is -0.391. The van der Waals surface area contributed by atoms with E-state index in [0.717, 1.165) is 5.56 Å². The Labute approximate surface area is 178 Å². The van der Waals surface area contributed by atoms with Crippen LogP contribution >= 0.6 is 0 Å². The van der Waals surface area contributed by atoms with Gasteiger partial charge in [0.2, 0.25) is 0 Å². The number of amides is 1. The molecule has 0 fully saturated rings. The molecule has 1 amide bonds. The van der Waals surface area contributed by atoms with Gasteiger partial charge in [0.05, 0.1) is 12.9 Å². The number of anilines is 1. The summed E-state index contributed by atoms with van der Waals surface area (Å²) in [5.41, 5.74) is 1.52. The maximum absolute atomic E-state index is 12.7. The maximum Gasteiger partial charge on any atom is 0.276 e. The Kier molecular flexibility index (Phi) is 6.18. The molecule has 2 aromatic carbocycles. The Balaban J connectivity index is 1.40. The van der Waals surface area contributed by atoms with E-state index in [1.807, 2.05) is 59.3 Å². The Morgan fingerprint density at radius 2 is 1.90 bits per heavy atom. The lowest BCUT2D eigenvalue weighted by molar-refractivity contribution is 0.101. The molecule has 0 aliphatic heterocycles. The third-order valence-corrected chi connectivity index (χ3v) is 4.52. The zero-order valence-corrected chi connectivity index (χ0v) is 16.7. The molecule has 0 bridgehead atoms. The third-order valence-electron chi connectivity index (χ3n) is 4.52. The fraction of sp³-hybridized carbons (Fsp3) is 0.130. The van der Waals surface area contributed by atoms with Crippen molar-refractivity contribution in [1.82, 2.24) is 19.3 Å². The van der Waals surface area contributed by atoms with Gasteiger partial charge in [-0.2, -0.15) is 5.10 Å². The first-order valence-electron chi connectivity index (χ1n) is 9.79. The van der Waals surface area contributed by atoms with Crippen molar-refractivity contribution in [2.45, 2.75) is 13.1 Å². The first-order valence-corrected chi connectivity index (χ1v) is 9.79. The Hall–Kier alpha value is -4.20. The van der Waals surface area contributed by atoms with Gasteiger partial charge in [0.25, 0.3) is 11.5 Å². The molecular weight excluding hydrogens is 394 g/mol. The number of aromatic nitrogens is 4. The number of benzene rings is 2. The summed E-state index contributed by atoms with van der Waals surface area (Å²) in [6.07, 6.45) is 5.33. The van der Waals surface area contributed by atoms with Gasteiger partial charge in [0.1, 0.15) is 18.1 Å². The highest BCUT2D eigenvalue weighted by molar-refractivity contribution is 6.02. The van der Waals surface area contributed by atoms with Crippen LogP contribution in [0.4, 0.5) is 5.69 Å². The standard InChI is InChI=1S/C23H21N5O3/c29-22-10-9-21(26-28(22)13-14-31-20-7-2-1-3-8-20)23(30)25-19-6-4-5-18(15-19)16-27-12-11-24-17-27/h1-12,15,17H,13-14,16H2,(H,25,30). The van der Waals surface area contributed by atoms with Gasteiger partial charge < -0.3 is 14.6 Å². The highest BCUT2D eigenvalue weighted by Gasteiger charge is 2.11. The molecule has 4 rings (SSSR count). The van der Waals surface area contributed by atoms with E-state index in [1.54, 1.807) is 18.6 Å². The van der Waals surface area contributed by atoms with E-state index in [0.29, 0.717) is 18.0 Å². The van der Waals surface area contributed by atoms with Crippen LogP contribution in [-0.4, -0.2) is 31.8 Å². The molecule has 8 heteroatoms. The van der Waals surface area contributed by atoms with Crippen LogP contribution in [-0.2, 0) is 13.1 Å². The number of para-hydroxylation sites is 1. The molecule has 0 aliphatic carbocycles. The summed E-state index contributed by atoms with van der Waals surface area (Å²) in [6.45, 7) is 1.14. The molecule has 0 saturated heterocycles. The molecule has 1 N–H and O–H groups in total. The van der Waals surface area contributed by atoms with E-state index in [1.165, 1.54) is 16.8 Å². The van der Waals surface area contributed by atoms with E-state index in [2.05, 4.69) is 15.4 Å². The van der Waals surface area contributed by atoms with Gasteiger partial charge in [-0.05, 0) is 35.9 Å². The number of nitrogens with one attached hydrogen (secondary N) is 1. The van der Waals surface area contributed by atoms with E-state index in [-0.39, 0.29) is 24.4 Å². The van der Waals surface area contributed by atoms with Crippen molar-refractivity contribution in [1.29, 1.82) is 0 Å². The molecule has 0 atom stereocenters. The molecule has 8 nitrogen and oxygen atoms in total. The number of nitrogens with zero attached hydrogens (tertiary/aromatic N) is 4. The van der Waals surface area contributed by atoms with E-state index in [9.17, 15) is 9.59 Å². The second-order valence-electron chi connectivity index (χ2n) is 6.83. The average Bonchev–Trinajstić information content (AvgIpc) is 3.29. The van der Waals surface area contributed by atoms with Crippen LogP contribution < -0.4 is 15.6 Å². The molecule has 2 aromatic heterocycles. The summed E-state index contributed by atoms with van der Waals surface area (Å²) in [5.74, 6) is 0.317. The Morgan fingerprint density at radius 3 is 2.71 bits per heavy atom. The zero-order chi connectivity index (χ0) is 21.5. The van der Waals surface area contributed by atoms with Crippen molar-refractivity contribution in [3.05, 3.63) is 107 Å². The van der Waals surface area contributed by atoms with Crippen molar-refractivity contribution in [3.63, 3.8) is 0 Å². The normalized spacial score (nSPS) is 10.6. The molecule has 0 spiro atoms. The van der Waals surface area contributed by atoms with Gasteiger partial charge in [-0.3, -0.25) is 9.59 Å². The van der Waals surface area contributed by atoms with Crippen LogP contribution in [0.1, 0.15) is 16.1 Å². The number of rotatable bonds is 8. The number of imidazole rings is 1. The predicted molar refractivity (Wildman–Crippen MR) is 116 cm³/mol. The van der Waals surface area contributed by atoms with Crippen molar-refractivity contribution in [3.8, 4) is 5.75 Å². The lowest BCUT2D eigenvalue weighted by atomic mass is 10.2. The monoisotopic (exact) mass is 415 g/mol. The summed E-state index contributed by atoms with van der Waals surface area (Å²) in [7, 11) is 0. The highest BCUT2D eigenvalue weighted by Crippen LogP contribution is 2.13. The second-order valence-corrected chi connectivity index (χ2v) is 6.83. The molecule has 0 aliphatic rings. The highest BCUT2D eigenvalue weighted by atomic mass is 16.5. The number of ether oxygens (including phenoxy) is 1. The van der Waals surface area contributed by atoms with E-state index < -0.39 is 5.91 Å². The molecular formula is C23H21N5O3. The summed E-state index contributed by atoms with van der Waals surface area (Å²) < 4.78 is 8.78. The smallest absolute Gasteiger partial charge is 0.276 e. The van der Waals surface area contributed by atoms with Gasteiger partial charge in [-0.15, -0.1) is 0 Å². The average molecular weight is 415 g/mol. The van der Waals surface area contributed by atoms with Crippen molar-refractivity contribution in [2.24, 2.45) is 0 Å². The van der Waals surface area contributed by atoms with Gasteiger partial charge in [0.15, 0.2) is 0 Å². The fourth-order valence-corrected chi connectivity index (χ4v) is 3.03. The number of hydrogen-bond donors (Lipinski definition) is 1.